The first-order chi connectivity index (χ1) is 8.63. The van der Waals surface area contributed by atoms with Crippen molar-refractivity contribution in [3.05, 3.63) is 0 Å². The molecule has 1 N–H and O–H groups in total. The van der Waals surface area contributed by atoms with Crippen LogP contribution in [0.4, 0.5) is 0 Å². The van der Waals surface area contributed by atoms with Crippen LogP contribution in [0.2, 0.25) is 0 Å². The van der Waals surface area contributed by atoms with Crippen LogP contribution in [0.5, 0.6) is 0 Å². The van der Waals surface area contributed by atoms with Gasteiger partial charge in [-0.05, 0) is 37.0 Å². The van der Waals surface area contributed by atoms with E-state index < -0.39 is 5.97 Å². The lowest BCUT2D eigenvalue weighted by atomic mass is 9.74. The molecule has 0 radical (unpaired) electrons. The van der Waals surface area contributed by atoms with Crippen LogP contribution >= 0.6 is 0 Å². The van der Waals surface area contributed by atoms with Crippen LogP contribution < -0.4 is 0 Å². The molecule has 18 heavy (non-hydrogen) atoms. The first-order valence-electron chi connectivity index (χ1n) is 7.85. The van der Waals surface area contributed by atoms with E-state index in [1.165, 1.54) is 51.4 Å². The van der Waals surface area contributed by atoms with Crippen LogP contribution in [0, 0.1) is 17.8 Å². The van der Waals surface area contributed by atoms with Gasteiger partial charge in [0.15, 0.2) is 0 Å². The van der Waals surface area contributed by atoms with Gasteiger partial charge in [-0.25, -0.2) is 0 Å². The quantitative estimate of drug-likeness (QED) is 0.627. The van der Waals surface area contributed by atoms with E-state index in [-0.39, 0.29) is 0 Å². The van der Waals surface area contributed by atoms with E-state index in [0.717, 1.165) is 18.3 Å². The molecule has 0 saturated heterocycles. The number of carboxylic acids is 1. The molecule has 0 amide bonds. The van der Waals surface area contributed by atoms with Crippen LogP contribution in [0.15, 0.2) is 0 Å². The summed E-state index contributed by atoms with van der Waals surface area (Å²) in [5.74, 6) is 1.69. The second-order valence-corrected chi connectivity index (χ2v) is 6.19. The first-order valence-corrected chi connectivity index (χ1v) is 7.85. The van der Waals surface area contributed by atoms with Crippen LogP contribution in [-0.2, 0) is 4.79 Å². The standard InChI is InChI=1S/C16H30O2/c1-3-4-5-6-14-8-10-15(11-9-14)13(2)7-12-16(17)18/h13-15H,3-12H2,1-2H3,(H,17,18). The normalized spacial score (nSPS) is 25.9. The van der Waals surface area contributed by atoms with E-state index in [1.54, 1.807) is 0 Å². The predicted molar refractivity (Wildman–Crippen MR) is 75.6 cm³/mol. The van der Waals surface area contributed by atoms with E-state index in [9.17, 15) is 4.79 Å². The summed E-state index contributed by atoms with van der Waals surface area (Å²) >= 11 is 0. The lowest BCUT2D eigenvalue weighted by Gasteiger charge is -2.32. The van der Waals surface area contributed by atoms with Crippen molar-refractivity contribution in [2.75, 3.05) is 0 Å². The summed E-state index contributed by atoms with van der Waals surface area (Å²) in [7, 11) is 0. The molecule has 1 unspecified atom stereocenters. The highest BCUT2D eigenvalue weighted by atomic mass is 16.4. The van der Waals surface area contributed by atoms with Gasteiger partial charge in [0.2, 0.25) is 0 Å². The maximum Gasteiger partial charge on any atom is 0.303 e. The zero-order chi connectivity index (χ0) is 13.4. The van der Waals surface area contributed by atoms with E-state index in [4.69, 9.17) is 5.11 Å². The Labute approximate surface area is 112 Å². The fraction of sp³-hybridized carbons (Fsp3) is 0.938. The molecule has 1 saturated carbocycles. The lowest BCUT2D eigenvalue weighted by molar-refractivity contribution is -0.137. The van der Waals surface area contributed by atoms with Crippen molar-refractivity contribution in [1.82, 2.24) is 0 Å². The molecular formula is C16H30O2. The van der Waals surface area contributed by atoms with Crippen LogP contribution in [0.3, 0.4) is 0 Å². The highest BCUT2D eigenvalue weighted by molar-refractivity contribution is 5.66. The third-order valence-corrected chi connectivity index (χ3v) is 4.73. The molecular weight excluding hydrogens is 224 g/mol. The van der Waals surface area contributed by atoms with E-state index in [2.05, 4.69) is 13.8 Å². The Morgan fingerprint density at radius 3 is 2.44 bits per heavy atom. The Morgan fingerprint density at radius 2 is 1.89 bits per heavy atom. The SMILES string of the molecule is CCCCCC1CCC(C(C)CCC(=O)O)CC1. The average Bonchev–Trinajstić information content (AvgIpc) is 2.37. The van der Waals surface area contributed by atoms with Gasteiger partial charge in [0, 0.05) is 6.42 Å². The summed E-state index contributed by atoms with van der Waals surface area (Å²) in [6, 6.07) is 0. The van der Waals surface area contributed by atoms with Crippen molar-refractivity contribution in [1.29, 1.82) is 0 Å². The third kappa shape index (κ3) is 5.88. The lowest BCUT2D eigenvalue weighted by Crippen LogP contribution is -2.20. The number of carboxylic acid groups (broad SMARTS) is 1. The minimum absolute atomic E-state index is 0.345. The van der Waals surface area contributed by atoms with Crippen molar-refractivity contribution in [2.24, 2.45) is 17.8 Å². The summed E-state index contributed by atoms with van der Waals surface area (Å²) in [5.41, 5.74) is 0. The summed E-state index contributed by atoms with van der Waals surface area (Å²) in [6.45, 7) is 4.51. The second kappa shape index (κ2) is 8.55. The molecule has 1 rings (SSSR count). The Hall–Kier alpha value is -0.530. The molecule has 106 valence electrons. The van der Waals surface area contributed by atoms with Gasteiger partial charge in [0.1, 0.15) is 0 Å². The minimum Gasteiger partial charge on any atom is -0.481 e. The number of hydrogen-bond acceptors (Lipinski definition) is 1. The minimum atomic E-state index is -0.643. The third-order valence-electron chi connectivity index (χ3n) is 4.73. The topological polar surface area (TPSA) is 37.3 Å². The summed E-state index contributed by atoms with van der Waals surface area (Å²) in [4.78, 5) is 10.6. The number of rotatable bonds is 8. The molecule has 0 spiro atoms. The zero-order valence-corrected chi connectivity index (χ0v) is 12.2. The Morgan fingerprint density at radius 1 is 1.22 bits per heavy atom. The van der Waals surface area contributed by atoms with E-state index in [1.807, 2.05) is 0 Å². The van der Waals surface area contributed by atoms with Crippen LogP contribution in [0.25, 0.3) is 0 Å². The van der Waals surface area contributed by atoms with Crippen LogP contribution in [-0.4, -0.2) is 11.1 Å². The Kier molecular flexibility index (Phi) is 7.38. The van der Waals surface area contributed by atoms with Gasteiger partial charge >= 0.3 is 5.97 Å². The van der Waals surface area contributed by atoms with Gasteiger partial charge in [-0.2, -0.15) is 0 Å². The van der Waals surface area contributed by atoms with Gasteiger partial charge in [-0.15, -0.1) is 0 Å². The molecule has 0 aromatic carbocycles. The zero-order valence-electron chi connectivity index (χ0n) is 12.2. The largest absolute Gasteiger partial charge is 0.481 e. The molecule has 0 aromatic rings. The number of hydrogen-bond donors (Lipinski definition) is 1. The molecule has 0 aliphatic heterocycles. The van der Waals surface area contributed by atoms with Crippen LogP contribution in [0.1, 0.15) is 78.1 Å². The Balaban J connectivity index is 2.15. The molecule has 0 aromatic heterocycles. The fourth-order valence-corrected chi connectivity index (χ4v) is 3.32. The van der Waals surface area contributed by atoms with Crippen molar-refractivity contribution in [3.8, 4) is 0 Å². The summed E-state index contributed by atoms with van der Waals surface area (Å²) in [5, 5.41) is 8.72. The van der Waals surface area contributed by atoms with Crippen molar-refractivity contribution in [2.45, 2.75) is 78.1 Å². The van der Waals surface area contributed by atoms with E-state index in [0.29, 0.717) is 12.3 Å². The Bertz CT molecular complexity index is 229. The second-order valence-electron chi connectivity index (χ2n) is 6.19. The van der Waals surface area contributed by atoms with Gasteiger partial charge in [0.05, 0.1) is 0 Å². The highest BCUT2D eigenvalue weighted by Crippen LogP contribution is 2.37. The number of carbonyl (C=O) groups is 1. The molecule has 0 heterocycles. The van der Waals surface area contributed by atoms with Gasteiger partial charge in [0.25, 0.3) is 0 Å². The molecule has 1 atom stereocenters. The van der Waals surface area contributed by atoms with Gasteiger partial charge in [-0.3, -0.25) is 4.79 Å². The fourth-order valence-electron chi connectivity index (χ4n) is 3.32. The van der Waals surface area contributed by atoms with Crippen molar-refractivity contribution < 1.29 is 9.90 Å². The predicted octanol–water partition coefficient (Wildman–Crippen LogP) is 4.87. The van der Waals surface area contributed by atoms with E-state index >= 15 is 0 Å². The average molecular weight is 254 g/mol. The molecule has 0 bridgehead atoms. The molecule has 1 aliphatic carbocycles. The van der Waals surface area contributed by atoms with Crippen molar-refractivity contribution >= 4 is 5.97 Å². The summed E-state index contributed by atoms with van der Waals surface area (Å²) < 4.78 is 0. The van der Waals surface area contributed by atoms with Gasteiger partial charge in [-0.1, -0.05) is 52.4 Å². The smallest absolute Gasteiger partial charge is 0.303 e. The molecule has 2 nitrogen and oxygen atoms in total. The molecule has 1 aliphatic rings. The molecule has 1 fully saturated rings. The molecule has 2 heteroatoms. The maximum atomic E-state index is 10.6. The number of aliphatic carboxylic acids is 1. The number of unbranched alkanes of at least 4 members (excludes halogenated alkanes) is 2. The monoisotopic (exact) mass is 254 g/mol. The first kappa shape index (κ1) is 15.5. The van der Waals surface area contributed by atoms with Gasteiger partial charge < -0.3 is 5.11 Å². The summed E-state index contributed by atoms with van der Waals surface area (Å²) in [6.07, 6.45) is 12.2. The highest BCUT2D eigenvalue weighted by Gasteiger charge is 2.25. The maximum absolute atomic E-state index is 10.6. The van der Waals surface area contributed by atoms with Crippen molar-refractivity contribution in [3.63, 3.8) is 0 Å².